The maximum absolute atomic E-state index is 12.9. The zero-order valence-corrected chi connectivity index (χ0v) is 17.8. The van der Waals surface area contributed by atoms with Crippen molar-refractivity contribution in [2.24, 2.45) is 0 Å². The highest BCUT2D eigenvalue weighted by Crippen LogP contribution is 2.36. The second-order valence-corrected chi connectivity index (χ2v) is 9.10. The summed E-state index contributed by atoms with van der Waals surface area (Å²) in [5, 5.41) is 0. The molecule has 0 unspecified atom stereocenters. The molecule has 0 atom stereocenters. The Balaban J connectivity index is 1.83. The fraction of sp³-hybridized carbons (Fsp3) is 0.227. The topological polar surface area (TPSA) is 46.6 Å². The van der Waals surface area contributed by atoms with Crippen LogP contribution in [-0.4, -0.2) is 23.3 Å². The molecule has 144 valence electrons. The normalized spacial score (nSPS) is 16.0. The molecule has 0 aliphatic carbocycles. The third-order valence-electron chi connectivity index (χ3n) is 4.41. The standard InChI is InChI=1S/C22H21NO3S2/c1-22(2,3)16-9-5-14(6-10-16)13-18-19(24)23(21(27)28-18)17-11-7-15(8-12-17)20(25)26-4/h5-13H,1-4H3/b18-13-. The lowest BCUT2D eigenvalue weighted by Crippen LogP contribution is -2.27. The summed E-state index contributed by atoms with van der Waals surface area (Å²) in [6.07, 6.45) is 1.86. The van der Waals surface area contributed by atoms with Crippen LogP contribution in [0.3, 0.4) is 0 Å². The first-order valence-corrected chi connectivity index (χ1v) is 10.00. The lowest BCUT2D eigenvalue weighted by molar-refractivity contribution is -0.113. The molecule has 0 saturated carbocycles. The van der Waals surface area contributed by atoms with Gasteiger partial charge in [-0.1, -0.05) is 69.0 Å². The molecule has 3 rings (SSSR count). The molecule has 0 spiro atoms. The molecule has 2 aromatic carbocycles. The predicted octanol–water partition coefficient (Wildman–Crippen LogP) is 5.18. The van der Waals surface area contributed by atoms with Crippen molar-refractivity contribution >= 4 is 51.9 Å². The third kappa shape index (κ3) is 4.18. The summed E-state index contributed by atoms with van der Waals surface area (Å²) >= 11 is 6.68. The van der Waals surface area contributed by atoms with E-state index < -0.39 is 5.97 Å². The van der Waals surface area contributed by atoms with Gasteiger partial charge in [-0.3, -0.25) is 9.69 Å². The first-order valence-electron chi connectivity index (χ1n) is 8.77. The minimum absolute atomic E-state index is 0.0817. The number of carbonyl (C=O) groups excluding carboxylic acids is 2. The van der Waals surface area contributed by atoms with E-state index in [4.69, 9.17) is 17.0 Å². The summed E-state index contributed by atoms with van der Waals surface area (Å²) in [7, 11) is 1.33. The van der Waals surface area contributed by atoms with Crippen LogP contribution in [0.15, 0.2) is 53.4 Å². The summed E-state index contributed by atoms with van der Waals surface area (Å²) in [6, 6.07) is 14.8. The molecule has 2 aromatic rings. The van der Waals surface area contributed by atoms with Crippen molar-refractivity contribution in [1.29, 1.82) is 0 Å². The van der Waals surface area contributed by atoms with Crippen LogP contribution in [-0.2, 0) is 14.9 Å². The maximum Gasteiger partial charge on any atom is 0.337 e. The Kier molecular flexibility index (Phi) is 5.72. The van der Waals surface area contributed by atoms with Gasteiger partial charge >= 0.3 is 5.97 Å². The number of methoxy groups -OCH3 is 1. The fourth-order valence-corrected chi connectivity index (χ4v) is 4.08. The highest BCUT2D eigenvalue weighted by molar-refractivity contribution is 8.27. The van der Waals surface area contributed by atoms with Crippen molar-refractivity contribution in [1.82, 2.24) is 0 Å². The van der Waals surface area contributed by atoms with Gasteiger partial charge < -0.3 is 4.74 Å². The van der Waals surface area contributed by atoms with Gasteiger partial charge in [0.25, 0.3) is 5.91 Å². The molecule has 1 aliphatic heterocycles. The van der Waals surface area contributed by atoms with Gasteiger partial charge in [0.15, 0.2) is 4.32 Å². The molecule has 1 aliphatic rings. The predicted molar refractivity (Wildman–Crippen MR) is 119 cm³/mol. The number of amides is 1. The molecule has 1 amide bonds. The Morgan fingerprint density at radius 2 is 1.68 bits per heavy atom. The Bertz CT molecular complexity index is 955. The van der Waals surface area contributed by atoms with Gasteiger partial charge in [-0.05, 0) is 46.9 Å². The first kappa shape index (κ1) is 20.3. The number of benzene rings is 2. The van der Waals surface area contributed by atoms with Crippen molar-refractivity contribution in [3.05, 3.63) is 70.1 Å². The zero-order valence-electron chi connectivity index (χ0n) is 16.2. The maximum atomic E-state index is 12.9. The van der Waals surface area contributed by atoms with Crippen molar-refractivity contribution in [3.63, 3.8) is 0 Å². The van der Waals surface area contributed by atoms with Gasteiger partial charge in [-0.15, -0.1) is 0 Å². The van der Waals surface area contributed by atoms with E-state index >= 15 is 0 Å². The Morgan fingerprint density at radius 3 is 2.21 bits per heavy atom. The number of rotatable bonds is 3. The van der Waals surface area contributed by atoms with E-state index in [2.05, 4.69) is 32.9 Å². The van der Waals surface area contributed by atoms with Gasteiger partial charge in [0.2, 0.25) is 0 Å². The van der Waals surface area contributed by atoms with Crippen LogP contribution in [0.2, 0.25) is 0 Å². The summed E-state index contributed by atoms with van der Waals surface area (Å²) in [5.41, 5.74) is 3.32. The Morgan fingerprint density at radius 1 is 1.07 bits per heavy atom. The number of nitrogens with zero attached hydrogens (tertiary/aromatic N) is 1. The second-order valence-electron chi connectivity index (χ2n) is 7.43. The summed E-state index contributed by atoms with van der Waals surface area (Å²) in [4.78, 5) is 26.5. The molecule has 1 fully saturated rings. The summed E-state index contributed by atoms with van der Waals surface area (Å²) in [5.74, 6) is -0.587. The quantitative estimate of drug-likeness (QED) is 0.396. The summed E-state index contributed by atoms with van der Waals surface area (Å²) < 4.78 is 5.16. The molecule has 0 aromatic heterocycles. The van der Waals surface area contributed by atoms with Crippen LogP contribution < -0.4 is 4.90 Å². The van der Waals surface area contributed by atoms with E-state index in [1.807, 2.05) is 18.2 Å². The molecule has 4 nitrogen and oxygen atoms in total. The molecule has 0 N–H and O–H groups in total. The highest BCUT2D eigenvalue weighted by atomic mass is 32.2. The molecule has 28 heavy (non-hydrogen) atoms. The van der Waals surface area contributed by atoms with Gasteiger partial charge in [0, 0.05) is 0 Å². The minimum Gasteiger partial charge on any atom is -0.465 e. The number of thiocarbonyl (C=S) groups is 1. The van der Waals surface area contributed by atoms with Crippen molar-refractivity contribution in [2.75, 3.05) is 12.0 Å². The SMILES string of the molecule is COC(=O)c1ccc(N2C(=O)/C(=C/c3ccc(C(C)(C)C)cc3)SC2=S)cc1. The molecular weight excluding hydrogens is 390 g/mol. The van der Waals surface area contributed by atoms with Crippen molar-refractivity contribution in [3.8, 4) is 0 Å². The van der Waals surface area contributed by atoms with Crippen LogP contribution in [0.5, 0.6) is 0 Å². The lowest BCUT2D eigenvalue weighted by Gasteiger charge is -2.18. The number of esters is 1. The third-order valence-corrected chi connectivity index (χ3v) is 5.72. The number of anilines is 1. The van der Waals surface area contributed by atoms with E-state index in [0.717, 1.165) is 5.56 Å². The highest BCUT2D eigenvalue weighted by Gasteiger charge is 2.33. The van der Waals surface area contributed by atoms with Crippen LogP contribution in [0.1, 0.15) is 42.3 Å². The van der Waals surface area contributed by atoms with E-state index in [-0.39, 0.29) is 11.3 Å². The van der Waals surface area contributed by atoms with Crippen LogP contribution in [0, 0.1) is 0 Å². The molecule has 1 saturated heterocycles. The Labute approximate surface area is 174 Å². The number of thioether (sulfide) groups is 1. The van der Waals surface area contributed by atoms with Crippen LogP contribution in [0.25, 0.3) is 6.08 Å². The number of carbonyl (C=O) groups is 2. The van der Waals surface area contributed by atoms with Gasteiger partial charge in [-0.2, -0.15) is 0 Å². The van der Waals surface area contributed by atoms with E-state index in [9.17, 15) is 9.59 Å². The molecule has 0 radical (unpaired) electrons. The number of hydrogen-bond donors (Lipinski definition) is 0. The van der Waals surface area contributed by atoms with Crippen molar-refractivity contribution < 1.29 is 14.3 Å². The zero-order chi connectivity index (χ0) is 20.5. The monoisotopic (exact) mass is 411 g/mol. The smallest absolute Gasteiger partial charge is 0.337 e. The summed E-state index contributed by atoms with van der Waals surface area (Å²) in [6.45, 7) is 6.50. The van der Waals surface area contributed by atoms with Crippen LogP contribution >= 0.6 is 24.0 Å². The molecule has 0 bridgehead atoms. The van der Waals surface area contributed by atoms with E-state index in [1.54, 1.807) is 24.3 Å². The number of hydrogen-bond acceptors (Lipinski definition) is 5. The number of ether oxygens (including phenoxy) is 1. The van der Waals surface area contributed by atoms with Crippen molar-refractivity contribution in [2.45, 2.75) is 26.2 Å². The van der Waals surface area contributed by atoms with E-state index in [1.165, 1.54) is 29.3 Å². The first-order chi connectivity index (χ1) is 13.2. The van der Waals surface area contributed by atoms with Gasteiger partial charge in [0.05, 0.1) is 23.3 Å². The average molecular weight is 412 g/mol. The lowest BCUT2D eigenvalue weighted by atomic mass is 9.87. The second kappa shape index (κ2) is 7.89. The Hall–Kier alpha value is -2.44. The largest absolute Gasteiger partial charge is 0.465 e. The minimum atomic E-state index is -0.421. The van der Waals surface area contributed by atoms with Gasteiger partial charge in [-0.25, -0.2) is 4.79 Å². The molecular formula is C22H21NO3S2. The molecule has 1 heterocycles. The van der Waals surface area contributed by atoms with E-state index in [0.29, 0.717) is 20.5 Å². The van der Waals surface area contributed by atoms with Gasteiger partial charge in [0.1, 0.15) is 0 Å². The molecule has 6 heteroatoms. The fourth-order valence-electron chi connectivity index (χ4n) is 2.79. The average Bonchev–Trinajstić information content (AvgIpc) is 2.94. The van der Waals surface area contributed by atoms with Crippen LogP contribution in [0.4, 0.5) is 5.69 Å².